The minimum Gasteiger partial charge on any atom is -0.494 e. The second-order valence-electron chi connectivity index (χ2n) is 4.95. The highest BCUT2D eigenvalue weighted by molar-refractivity contribution is 5.93. The Morgan fingerprint density at radius 2 is 1.75 bits per heavy atom. The summed E-state index contributed by atoms with van der Waals surface area (Å²) >= 11 is 0. The molecule has 2 rings (SSSR count). The van der Waals surface area contributed by atoms with Gasteiger partial charge in [0.2, 0.25) is 0 Å². The number of ether oxygens (including phenoxy) is 2. The van der Waals surface area contributed by atoms with E-state index in [2.05, 4.69) is 5.32 Å². The lowest BCUT2D eigenvalue weighted by molar-refractivity contribution is -0.385. The maximum Gasteiger partial charge on any atom is 0.274 e. The van der Waals surface area contributed by atoms with E-state index in [1.54, 1.807) is 37.3 Å². The third kappa shape index (κ3) is 4.45. The van der Waals surface area contributed by atoms with Crippen molar-refractivity contribution in [2.45, 2.75) is 13.8 Å². The van der Waals surface area contributed by atoms with E-state index in [-0.39, 0.29) is 12.3 Å². The van der Waals surface area contributed by atoms with Gasteiger partial charge >= 0.3 is 0 Å². The second-order valence-corrected chi connectivity index (χ2v) is 4.95. The number of nitrogens with one attached hydrogen (secondary N) is 1. The molecule has 0 spiro atoms. The Bertz CT molecular complexity index is 728. The van der Waals surface area contributed by atoms with Crippen molar-refractivity contribution >= 4 is 17.3 Å². The molecule has 0 atom stereocenters. The fourth-order valence-corrected chi connectivity index (χ4v) is 2.09. The van der Waals surface area contributed by atoms with Gasteiger partial charge < -0.3 is 14.8 Å². The van der Waals surface area contributed by atoms with Crippen LogP contribution < -0.4 is 14.8 Å². The summed E-state index contributed by atoms with van der Waals surface area (Å²) in [7, 11) is 0. The molecule has 7 heteroatoms. The van der Waals surface area contributed by atoms with Gasteiger partial charge in [-0.2, -0.15) is 0 Å². The molecular formula is C17H18N2O5. The van der Waals surface area contributed by atoms with E-state index in [0.29, 0.717) is 23.6 Å². The van der Waals surface area contributed by atoms with Gasteiger partial charge in [-0.15, -0.1) is 0 Å². The summed E-state index contributed by atoms with van der Waals surface area (Å²) in [4.78, 5) is 22.4. The molecule has 24 heavy (non-hydrogen) atoms. The zero-order valence-corrected chi connectivity index (χ0v) is 13.4. The number of nitro groups is 1. The van der Waals surface area contributed by atoms with Gasteiger partial charge in [0.15, 0.2) is 6.61 Å². The van der Waals surface area contributed by atoms with E-state index in [0.717, 1.165) is 5.75 Å². The van der Waals surface area contributed by atoms with Crippen LogP contribution in [0, 0.1) is 17.0 Å². The molecule has 0 aromatic heterocycles. The summed E-state index contributed by atoms with van der Waals surface area (Å²) < 4.78 is 10.7. The number of carbonyl (C=O) groups excluding carboxylic acids is 1. The summed E-state index contributed by atoms with van der Waals surface area (Å²) in [5.41, 5.74) is 0.752. The average molecular weight is 330 g/mol. The fraction of sp³-hybridized carbons (Fsp3) is 0.235. The van der Waals surface area contributed by atoms with Gasteiger partial charge in [0.05, 0.1) is 22.8 Å². The number of anilines is 1. The molecule has 0 fully saturated rings. The molecule has 0 saturated heterocycles. The van der Waals surface area contributed by atoms with Crippen LogP contribution >= 0.6 is 0 Å². The number of amides is 1. The fourth-order valence-electron chi connectivity index (χ4n) is 2.09. The number of hydrogen-bond donors (Lipinski definition) is 1. The van der Waals surface area contributed by atoms with Crippen molar-refractivity contribution in [3.8, 4) is 11.5 Å². The Labute approximate surface area is 139 Å². The second kappa shape index (κ2) is 7.96. The normalized spacial score (nSPS) is 10.1. The van der Waals surface area contributed by atoms with Gasteiger partial charge in [0, 0.05) is 6.07 Å². The molecule has 2 aromatic carbocycles. The first kappa shape index (κ1) is 17.3. The van der Waals surface area contributed by atoms with E-state index in [4.69, 9.17) is 9.47 Å². The first-order valence-electron chi connectivity index (χ1n) is 7.40. The Hall–Kier alpha value is -3.09. The lowest BCUT2D eigenvalue weighted by Crippen LogP contribution is -2.20. The molecule has 0 aliphatic carbocycles. The maximum atomic E-state index is 12.0. The summed E-state index contributed by atoms with van der Waals surface area (Å²) in [6.07, 6.45) is 0. The highest BCUT2D eigenvalue weighted by atomic mass is 16.6. The number of hydrogen-bond acceptors (Lipinski definition) is 5. The minimum absolute atomic E-state index is 0.0415. The molecular weight excluding hydrogens is 312 g/mol. The van der Waals surface area contributed by atoms with Crippen molar-refractivity contribution < 1.29 is 19.2 Å². The Kier molecular flexibility index (Phi) is 5.73. The van der Waals surface area contributed by atoms with Crippen molar-refractivity contribution in [3.63, 3.8) is 0 Å². The lowest BCUT2D eigenvalue weighted by atomic mass is 10.1. The molecule has 0 bridgehead atoms. The van der Waals surface area contributed by atoms with E-state index >= 15 is 0 Å². The molecule has 126 valence electrons. The summed E-state index contributed by atoms with van der Waals surface area (Å²) in [5.74, 6) is 0.860. The van der Waals surface area contributed by atoms with Crippen LogP contribution in [0.1, 0.15) is 12.5 Å². The molecule has 0 heterocycles. The molecule has 1 amide bonds. The van der Waals surface area contributed by atoms with Gasteiger partial charge in [0.1, 0.15) is 11.5 Å². The SMILES string of the molecule is CCOc1ccc(OCC(=O)Nc2cccc([N+](=O)[O-])c2C)cc1. The molecule has 0 aliphatic rings. The van der Waals surface area contributed by atoms with E-state index in [9.17, 15) is 14.9 Å². The predicted octanol–water partition coefficient (Wildman–Crippen LogP) is 3.32. The molecule has 0 saturated carbocycles. The highest BCUT2D eigenvalue weighted by Gasteiger charge is 2.14. The van der Waals surface area contributed by atoms with Crippen LogP contribution in [0.5, 0.6) is 11.5 Å². The van der Waals surface area contributed by atoms with Gasteiger partial charge in [-0.25, -0.2) is 0 Å². The smallest absolute Gasteiger partial charge is 0.274 e. The van der Waals surface area contributed by atoms with E-state index in [1.807, 2.05) is 6.92 Å². The first-order chi connectivity index (χ1) is 11.5. The summed E-state index contributed by atoms with van der Waals surface area (Å²) in [6.45, 7) is 3.85. The number of carbonyl (C=O) groups is 1. The molecule has 7 nitrogen and oxygen atoms in total. The van der Waals surface area contributed by atoms with E-state index < -0.39 is 10.8 Å². The number of benzene rings is 2. The average Bonchev–Trinajstić information content (AvgIpc) is 2.56. The van der Waals surface area contributed by atoms with Gasteiger partial charge in [0.25, 0.3) is 11.6 Å². The minimum atomic E-state index is -0.485. The largest absolute Gasteiger partial charge is 0.494 e. The van der Waals surface area contributed by atoms with Gasteiger partial charge in [-0.05, 0) is 44.2 Å². The monoisotopic (exact) mass is 330 g/mol. The van der Waals surface area contributed by atoms with Crippen LogP contribution in [0.4, 0.5) is 11.4 Å². The van der Waals surface area contributed by atoms with Gasteiger partial charge in [-0.1, -0.05) is 6.07 Å². The predicted molar refractivity (Wildman–Crippen MR) is 89.6 cm³/mol. The molecule has 1 N–H and O–H groups in total. The molecule has 0 unspecified atom stereocenters. The number of nitrogens with zero attached hydrogens (tertiary/aromatic N) is 1. The number of rotatable bonds is 7. The molecule has 2 aromatic rings. The quantitative estimate of drug-likeness (QED) is 0.621. The summed E-state index contributed by atoms with van der Waals surface area (Å²) in [6, 6.07) is 11.4. The molecule has 0 aliphatic heterocycles. The topological polar surface area (TPSA) is 90.7 Å². The van der Waals surface area contributed by atoms with Crippen LogP contribution in [0.25, 0.3) is 0 Å². The van der Waals surface area contributed by atoms with Crippen LogP contribution in [0.15, 0.2) is 42.5 Å². The van der Waals surface area contributed by atoms with Crippen LogP contribution in [0.3, 0.4) is 0 Å². The lowest BCUT2D eigenvalue weighted by Gasteiger charge is -2.10. The third-order valence-electron chi connectivity index (χ3n) is 3.28. The number of nitro benzene ring substituents is 1. The van der Waals surface area contributed by atoms with Crippen molar-refractivity contribution in [1.82, 2.24) is 0 Å². The van der Waals surface area contributed by atoms with Crippen molar-refractivity contribution in [1.29, 1.82) is 0 Å². The summed E-state index contributed by atoms with van der Waals surface area (Å²) in [5, 5.41) is 13.5. The zero-order valence-electron chi connectivity index (χ0n) is 13.4. The van der Waals surface area contributed by atoms with Gasteiger partial charge in [-0.3, -0.25) is 14.9 Å². The van der Waals surface area contributed by atoms with Crippen molar-refractivity contribution in [3.05, 3.63) is 58.1 Å². The van der Waals surface area contributed by atoms with Crippen LogP contribution in [-0.2, 0) is 4.79 Å². The Balaban J connectivity index is 1.94. The first-order valence-corrected chi connectivity index (χ1v) is 7.40. The van der Waals surface area contributed by atoms with Crippen LogP contribution in [-0.4, -0.2) is 24.0 Å². The van der Waals surface area contributed by atoms with E-state index in [1.165, 1.54) is 12.1 Å². The third-order valence-corrected chi connectivity index (χ3v) is 3.28. The molecule has 0 radical (unpaired) electrons. The standard InChI is InChI=1S/C17H18N2O5/c1-3-23-13-7-9-14(10-8-13)24-11-17(20)18-15-5-4-6-16(12(15)2)19(21)22/h4-10H,3,11H2,1-2H3,(H,18,20). The van der Waals surface area contributed by atoms with Crippen molar-refractivity contribution in [2.75, 3.05) is 18.5 Å². The Morgan fingerprint density at radius 3 is 2.33 bits per heavy atom. The van der Waals surface area contributed by atoms with Crippen LogP contribution in [0.2, 0.25) is 0 Å². The van der Waals surface area contributed by atoms with Crippen molar-refractivity contribution in [2.24, 2.45) is 0 Å². The highest BCUT2D eigenvalue weighted by Crippen LogP contribution is 2.25. The maximum absolute atomic E-state index is 12.0. The Morgan fingerprint density at radius 1 is 1.12 bits per heavy atom. The zero-order chi connectivity index (χ0) is 17.5.